The van der Waals surface area contributed by atoms with Crippen LogP contribution in [-0.4, -0.2) is 27.4 Å². The second kappa shape index (κ2) is 5.45. The Morgan fingerprint density at radius 2 is 2.47 bits per heavy atom. The largest absolute Gasteiger partial charge is 0.354 e. The molecule has 0 spiro atoms. The maximum Gasteiger partial charge on any atom is 0.216 e. The van der Waals surface area contributed by atoms with Gasteiger partial charge in [-0.2, -0.15) is 0 Å². The molecule has 0 radical (unpaired) electrons. The molecular weight excluding hydrogens is 194 g/mol. The third kappa shape index (κ3) is 3.67. The molecule has 1 heterocycles. The predicted molar refractivity (Wildman–Crippen MR) is 55.9 cm³/mol. The van der Waals surface area contributed by atoms with Crippen molar-refractivity contribution in [2.45, 2.75) is 32.9 Å². The molecule has 1 amide bonds. The van der Waals surface area contributed by atoms with Gasteiger partial charge in [-0.25, -0.2) is 0 Å². The Morgan fingerprint density at radius 3 is 3.07 bits per heavy atom. The van der Waals surface area contributed by atoms with Crippen LogP contribution in [0.1, 0.15) is 32.0 Å². The minimum absolute atomic E-state index is 0.0411. The lowest BCUT2D eigenvalue weighted by Crippen LogP contribution is -2.24. The molecule has 0 saturated carbocycles. The first kappa shape index (κ1) is 11.6. The highest BCUT2D eigenvalue weighted by molar-refractivity contribution is 5.72. The van der Waals surface area contributed by atoms with E-state index in [9.17, 15) is 4.79 Å². The van der Waals surface area contributed by atoms with Gasteiger partial charge in [-0.15, -0.1) is 5.10 Å². The van der Waals surface area contributed by atoms with Gasteiger partial charge in [-0.05, 0) is 6.42 Å². The van der Waals surface area contributed by atoms with Gasteiger partial charge in [0.2, 0.25) is 5.91 Å². The van der Waals surface area contributed by atoms with Crippen molar-refractivity contribution in [1.82, 2.24) is 20.3 Å². The molecule has 0 aromatic carbocycles. The van der Waals surface area contributed by atoms with E-state index in [1.807, 2.05) is 13.1 Å². The molecule has 1 atom stereocenters. The summed E-state index contributed by atoms with van der Waals surface area (Å²) in [6.07, 6.45) is 2.65. The molecule has 6 heteroatoms. The zero-order chi connectivity index (χ0) is 11.3. The fourth-order valence-electron chi connectivity index (χ4n) is 1.15. The molecule has 3 N–H and O–H groups in total. The summed E-state index contributed by atoms with van der Waals surface area (Å²) in [5.41, 5.74) is 6.59. The minimum Gasteiger partial charge on any atom is -0.354 e. The smallest absolute Gasteiger partial charge is 0.216 e. The number of carbonyl (C=O) groups excluding carboxylic acids is 1. The van der Waals surface area contributed by atoms with Gasteiger partial charge < -0.3 is 11.1 Å². The Kier molecular flexibility index (Phi) is 4.23. The van der Waals surface area contributed by atoms with E-state index in [0.717, 1.165) is 12.1 Å². The van der Waals surface area contributed by atoms with Gasteiger partial charge in [0.15, 0.2) is 0 Å². The summed E-state index contributed by atoms with van der Waals surface area (Å²) < 4.78 is 1.68. The highest BCUT2D eigenvalue weighted by atomic mass is 16.1. The Hall–Kier alpha value is -1.43. The maximum absolute atomic E-state index is 10.6. The van der Waals surface area contributed by atoms with E-state index in [-0.39, 0.29) is 11.9 Å². The van der Waals surface area contributed by atoms with E-state index in [1.54, 1.807) is 4.68 Å². The van der Waals surface area contributed by atoms with Gasteiger partial charge in [-0.1, -0.05) is 12.1 Å². The van der Waals surface area contributed by atoms with Crippen LogP contribution in [0.4, 0.5) is 0 Å². The zero-order valence-electron chi connectivity index (χ0n) is 9.10. The predicted octanol–water partition coefficient (Wildman–Crippen LogP) is -0.176. The van der Waals surface area contributed by atoms with Crippen molar-refractivity contribution in [3.63, 3.8) is 0 Å². The van der Waals surface area contributed by atoms with E-state index in [1.165, 1.54) is 6.92 Å². The summed E-state index contributed by atoms with van der Waals surface area (Å²) in [6, 6.07) is -0.0560. The van der Waals surface area contributed by atoms with Gasteiger partial charge in [0.25, 0.3) is 0 Å². The van der Waals surface area contributed by atoms with Crippen molar-refractivity contribution >= 4 is 5.91 Å². The van der Waals surface area contributed by atoms with Crippen molar-refractivity contribution in [2.75, 3.05) is 6.54 Å². The summed E-state index contributed by atoms with van der Waals surface area (Å²) in [5, 5.41) is 10.6. The van der Waals surface area contributed by atoms with Crippen LogP contribution in [0, 0.1) is 0 Å². The second-order valence-electron chi connectivity index (χ2n) is 3.40. The quantitative estimate of drug-likeness (QED) is 0.707. The van der Waals surface area contributed by atoms with Crippen LogP contribution in [-0.2, 0) is 11.3 Å². The highest BCUT2D eigenvalue weighted by Crippen LogP contribution is 2.08. The van der Waals surface area contributed by atoms with Crippen LogP contribution in [0.3, 0.4) is 0 Å². The van der Waals surface area contributed by atoms with Crippen molar-refractivity contribution in [1.29, 1.82) is 0 Å². The van der Waals surface area contributed by atoms with Crippen LogP contribution in [0.15, 0.2) is 6.20 Å². The number of rotatable bonds is 5. The third-order valence-corrected chi connectivity index (χ3v) is 2.09. The minimum atomic E-state index is -0.0560. The average molecular weight is 211 g/mol. The van der Waals surface area contributed by atoms with Crippen molar-refractivity contribution in [3.05, 3.63) is 11.9 Å². The Morgan fingerprint density at radius 1 is 1.73 bits per heavy atom. The standard InChI is InChI=1S/C9H17N5O/c1-3-8(10)9-6-14(13-12-9)5-4-11-7(2)15/h6,8H,3-5,10H2,1-2H3,(H,11,15). The molecule has 1 rings (SSSR count). The molecule has 1 aromatic heterocycles. The average Bonchev–Trinajstić information content (AvgIpc) is 2.65. The van der Waals surface area contributed by atoms with E-state index in [0.29, 0.717) is 13.1 Å². The first-order valence-electron chi connectivity index (χ1n) is 5.03. The molecule has 15 heavy (non-hydrogen) atoms. The molecule has 0 aliphatic heterocycles. The SMILES string of the molecule is CCC(N)c1cn(CCNC(C)=O)nn1. The lowest BCUT2D eigenvalue weighted by Gasteiger charge is -2.02. The number of nitrogens with one attached hydrogen (secondary N) is 1. The molecule has 1 aromatic rings. The molecule has 0 aliphatic carbocycles. The molecule has 0 bridgehead atoms. The number of nitrogens with two attached hydrogens (primary N) is 1. The third-order valence-electron chi connectivity index (χ3n) is 2.09. The van der Waals surface area contributed by atoms with Crippen molar-refractivity contribution < 1.29 is 4.79 Å². The monoisotopic (exact) mass is 211 g/mol. The summed E-state index contributed by atoms with van der Waals surface area (Å²) in [6.45, 7) is 4.66. The lowest BCUT2D eigenvalue weighted by atomic mass is 10.2. The van der Waals surface area contributed by atoms with Crippen LogP contribution >= 0.6 is 0 Å². The number of hydrogen-bond acceptors (Lipinski definition) is 4. The molecule has 84 valence electrons. The summed E-state index contributed by atoms with van der Waals surface area (Å²) in [5.74, 6) is -0.0411. The van der Waals surface area contributed by atoms with Crippen LogP contribution in [0.5, 0.6) is 0 Å². The number of nitrogens with zero attached hydrogens (tertiary/aromatic N) is 3. The van der Waals surface area contributed by atoms with Gasteiger partial charge in [0.1, 0.15) is 0 Å². The molecule has 0 fully saturated rings. The van der Waals surface area contributed by atoms with Gasteiger partial charge in [0.05, 0.1) is 24.5 Å². The number of carbonyl (C=O) groups is 1. The Balaban J connectivity index is 2.42. The van der Waals surface area contributed by atoms with E-state index in [2.05, 4.69) is 15.6 Å². The number of hydrogen-bond donors (Lipinski definition) is 2. The van der Waals surface area contributed by atoms with E-state index < -0.39 is 0 Å². The normalized spacial score (nSPS) is 12.5. The molecule has 0 aliphatic rings. The van der Waals surface area contributed by atoms with Gasteiger partial charge in [0, 0.05) is 13.5 Å². The van der Waals surface area contributed by atoms with E-state index in [4.69, 9.17) is 5.73 Å². The number of amides is 1. The summed E-state index contributed by atoms with van der Waals surface area (Å²) >= 11 is 0. The van der Waals surface area contributed by atoms with Gasteiger partial charge in [-0.3, -0.25) is 9.48 Å². The first-order chi connectivity index (χ1) is 7.13. The molecular formula is C9H17N5O. The number of aromatic nitrogens is 3. The maximum atomic E-state index is 10.6. The Bertz CT molecular complexity index is 322. The van der Waals surface area contributed by atoms with Crippen LogP contribution in [0.25, 0.3) is 0 Å². The molecule has 6 nitrogen and oxygen atoms in total. The topological polar surface area (TPSA) is 85.8 Å². The summed E-state index contributed by atoms with van der Waals surface area (Å²) in [7, 11) is 0. The van der Waals surface area contributed by atoms with Crippen LogP contribution < -0.4 is 11.1 Å². The highest BCUT2D eigenvalue weighted by Gasteiger charge is 2.07. The fourth-order valence-corrected chi connectivity index (χ4v) is 1.15. The second-order valence-corrected chi connectivity index (χ2v) is 3.40. The zero-order valence-corrected chi connectivity index (χ0v) is 9.10. The van der Waals surface area contributed by atoms with Crippen LogP contribution in [0.2, 0.25) is 0 Å². The lowest BCUT2D eigenvalue weighted by molar-refractivity contribution is -0.118. The fraction of sp³-hybridized carbons (Fsp3) is 0.667. The molecule has 0 saturated heterocycles. The van der Waals surface area contributed by atoms with Gasteiger partial charge >= 0.3 is 0 Å². The Labute approximate surface area is 88.8 Å². The van der Waals surface area contributed by atoms with E-state index >= 15 is 0 Å². The summed E-state index contributed by atoms with van der Waals surface area (Å²) in [4.78, 5) is 10.6. The first-order valence-corrected chi connectivity index (χ1v) is 5.03. The molecule has 1 unspecified atom stereocenters. The van der Waals surface area contributed by atoms with Crippen molar-refractivity contribution in [3.8, 4) is 0 Å². The van der Waals surface area contributed by atoms with Crippen molar-refractivity contribution in [2.24, 2.45) is 5.73 Å².